The number of amides is 1. The summed E-state index contributed by atoms with van der Waals surface area (Å²) in [5.41, 5.74) is 11.0. The van der Waals surface area contributed by atoms with Crippen LogP contribution in [-0.2, 0) is 0 Å². The largest absolute Gasteiger partial charge is 0.465 e. The molecule has 0 atom stereocenters. The molecule has 6 rings (SSSR count). The molecule has 4 N–H and O–H groups in total. The molecule has 0 unspecified atom stereocenters. The number of hydrogen-bond donors (Lipinski definition) is 3. The minimum Gasteiger partial charge on any atom is -0.465 e. The number of nitrogens with zero attached hydrogens (tertiary/aromatic N) is 6. The Morgan fingerprint density at radius 1 is 1.08 bits per heavy atom. The molecule has 1 amide bonds. The van der Waals surface area contributed by atoms with Gasteiger partial charge in [-0.3, -0.25) is 4.98 Å². The van der Waals surface area contributed by atoms with E-state index in [1.807, 2.05) is 52.5 Å². The van der Waals surface area contributed by atoms with Crippen LogP contribution in [0.3, 0.4) is 0 Å². The number of nitrogen functional groups attached to an aromatic ring is 1. The van der Waals surface area contributed by atoms with E-state index < -0.39 is 6.09 Å². The molecule has 194 valence electrons. The number of benzene rings is 1. The Hall–Kier alpha value is -4.31. The molecule has 5 aromatic rings. The zero-order chi connectivity index (χ0) is 26.6. The van der Waals surface area contributed by atoms with Crippen LogP contribution in [0.15, 0.2) is 55.0 Å². The van der Waals surface area contributed by atoms with Crippen molar-refractivity contribution in [2.45, 2.75) is 38.1 Å². The highest BCUT2D eigenvalue weighted by atomic mass is 35.5. The summed E-state index contributed by atoms with van der Waals surface area (Å²) in [5, 5.41) is 16.8. The molecular weight excluding hydrogens is 504 g/mol. The van der Waals surface area contributed by atoms with E-state index in [1.165, 1.54) is 32.6 Å². The van der Waals surface area contributed by atoms with Crippen molar-refractivity contribution in [3.05, 3.63) is 60.0 Å². The van der Waals surface area contributed by atoms with Gasteiger partial charge in [-0.2, -0.15) is 5.10 Å². The summed E-state index contributed by atoms with van der Waals surface area (Å²) in [6, 6.07) is 14.0. The van der Waals surface area contributed by atoms with E-state index in [4.69, 9.17) is 32.5 Å². The molecule has 10 nitrogen and oxygen atoms in total. The molecule has 1 aromatic carbocycles. The third kappa shape index (κ3) is 5.08. The number of fused-ring (bicyclic) bond motifs is 2. The second-order valence-electron chi connectivity index (χ2n) is 9.03. The highest BCUT2D eigenvalue weighted by molar-refractivity contribution is 6.34. The van der Waals surface area contributed by atoms with Gasteiger partial charge in [0.1, 0.15) is 17.8 Å². The van der Waals surface area contributed by atoms with Crippen LogP contribution < -0.4 is 11.1 Å². The molecular formula is C27H27ClN8O2. The van der Waals surface area contributed by atoms with Crippen LogP contribution in [0.1, 0.15) is 38.1 Å². The Morgan fingerprint density at radius 2 is 1.87 bits per heavy atom. The molecule has 11 heteroatoms. The Labute approximate surface area is 223 Å². The summed E-state index contributed by atoms with van der Waals surface area (Å²) >= 11 is 6.77. The fourth-order valence-electron chi connectivity index (χ4n) is 4.75. The maximum absolute atomic E-state index is 9.26. The Kier molecular flexibility index (Phi) is 7.32. The molecule has 4 aromatic heterocycles. The second kappa shape index (κ2) is 11.0. The first kappa shape index (κ1) is 25.3. The number of halogens is 1. The highest BCUT2D eigenvalue weighted by Crippen LogP contribution is 2.39. The zero-order valence-corrected chi connectivity index (χ0v) is 21.6. The summed E-state index contributed by atoms with van der Waals surface area (Å²) in [6.07, 6.45) is 8.09. The van der Waals surface area contributed by atoms with Crippen LogP contribution in [0.4, 0.5) is 10.6 Å². The zero-order valence-electron chi connectivity index (χ0n) is 20.8. The van der Waals surface area contributed by atoms with Gasteiger partial charge in [-0.1, -0.05) is 43.0 Å². The van der Waals surface area contributed by atoms with E-state index in [1.54, 1.807) is 6.20 Å². The Balaban J connectivity index is 0.000000540. The highest BCUT2D eigenvalue weighted by Gasteiger charge is 2.25. The van der Waals surface area contributed by atoms with E-state index in [9.17, 15) is 4.79 Å². The van der Waals surface area contributed by atoms with Gasteiger partial charge < -0.3 is 16.2 Å². The van der Waals surface area contributed by atoms with Crippen molar-refractivity contribution in [3.63, 3.8) is 0 Å². The van der Waals surface area contributed by atoms with Crippen molar-refractivity contribution in [2.75, 3.05) is 12.8 Å². The fraction of sp³-hybridized carbons (Fsp3) is 0.259. The molecule has 0 spiro atoms. The van der Waals surface area contributed by atoms with Gasteiger partial charge in [-0.15, -0.1) is 0 Å². The van der Waals surface area contributed by atoms with Gasteiger partial charge in [0.25, 0.3) is 0 Å². The summed E-state index contributed by atoms with van der Waals surface area (Å²) < 4.78 is 2.03. The minimum absolute atomic E-state index is 0.303. The quantitative estimate of drug-likeness (QED) is 0.268. The first-order valence-corrected chi connectivity index (χ1v) is 12.8. The molecule has 1 saturated carbocycles. The predicted molar refractivity (Wildman–Crippen MR) is 148 cm³/mol. The average molecular weight is 531 g/mol. The number of carbonyl (C=O) groups is 1. The van der Waals surface area contributed by atoms with Gasteiger partial charge in [-0.25, -0.2) is 24.4 Å². The molecule has 4 heterocycles. The summed E-state index contributed by atoms with van der Waals surface area (Å²) in [7, 11) is 1.35. The van der Waals surface area contributed by atoms with Crippen molar-refractivity contribution in [1.82, 2.24) is 35.0 Å². The van der Waals surface area contributed by atoms with Crippen molar-refractivity contribution < 1.29 is 9.90 Å². The molecule has 0 bridgehead atoms. The third-order valence-electron chi connectivity index (χ3n) is 6.61. The number of nitrogens with two attached hydrogens (primary N) is 1. The van der Waals surface area contributed by atoms with Crippen LogP contribution in [0.25, 0.3) is 44.6 Å². The molecule has 1 aliphatic carbocycles. The number of aromatic nitrogens is 6. The number of hydrogen-bond acceptors (Lipinski definition) is 7. The van der Waals surface area contributed by atoms with Gasteiger partial charge >= 0.3 is 6.09 Å². The molecule has 0 aliphatic heterocycles. The minimum atomic E-state index is -0.995. The molecule has 1 fully saturated rings. The standard InChI is InChI=1S/C25H22ClN7.C2H5NO2/c26-18-12-15-9-10-20(19-8-4-5-11-28-19)31-21(15)13-17(18)23-22-24(27)29-14-30-25(22)33(32-23)16-6-2-1-3-7-16;1-3-2(4)5/h4-5,8-14,16H,1-3,6-7H2,(H2,27,29,30);3H,1H3,(H,4,5). The fourth-order valence-corrected chi connectivity index (χ4v) is 5.01. The van der Waals surface area contributed by atoms with Gasteiger partial charge in [0.15, 0.2) is 5.65 Å². The smallest absolute Gasteiger partial charge is 0.404 e. The van der Waals surface area contributed by atoms with Crippen molar-refractivity contribution in [2.24, 2.45) is 0 Å². The van der Waals surface area contributed by atoms with E-state index in [0.29, 0.717) is 22.6 Å². The summed E-state index contributed by atoms with van der Waals surface area (Å²) in [4.78, 5) is 27.3. The molecule has 38 heavy (non-hydrogen) atoms. The van der Waals surface area contributed by atoms with Gasteiger partial charge in [0.05, 0.1) is 33.4 Å². The van der Waals surface area contributed by atoms with Crippen molar-refractivity contribution in [1.29, 1.82) is 0 Å². The van der Waals surface area contributed by atoms with E-state index in [2.05, 4.69) is 15.0 Å². The second-order valence-corrected chi connectivity index (χ2v) is 9.44. The van der Waals surface area contributed by atoms with Gasteiger partial charge in [0, 0.05) is 24.2 Å². The van der Waals surface area contributed by atoms with Crippen molar-refractivity contribution in [3.8, 4) is 22.6 Å². The predicted octanol–water partition coefficient (Wildman–Crippen LogP) is 5.73. The Morgan fingerprint density at radius 3 is 2.58 bits per heavy atom. The van der Waals surface area contributed by atoms with Gasteiger partial charge in [-0.05, 0) is 43.2 Å². The van der Waals surface area contributed by atoms with E-state index in [0.717, 1.165) is 51.7 Å². The number of carboxylic acid groups (broad SMARTS) is 1. The molecule has 1 aliphatic rings. The van der Waals surface area contributed by atoms with Crippen molar-refractivity contribution >= 4 is 45.4 Å². The van der Waals surface area contributed by atoms with Crippen LogP contribution in [0, 0.1) is 0 Å². The maximum Gasteiger partial charge on any atom is 0.404 e. The number of rotatable bonds is 3. The van der Waals surface area contributed by atoms with E-state index in [-0.39, 0.29) is 0 Å². The normalized spacial score (nSPS) is 13.7. The van der Waals surface area contributed by atoms with Crippen LogP contribution in [0.2, 0.25) is 5.02 Å². The first-order chi connectivity index (χ1) is 18.5. The lowest BCUT2D eigenvalue weighted by Gasteiger charge is -2.22. The van der Waals surface area contributed by atoms with Crippen LogP contribution >= 0.6 is 11.6 Å². The first-order valence-electron chi connectivity index (χ1n) is 12.4. The topological polar surface area (TPSA) is 145 Å². The van der Waals surface area contributed by atoms with Gasteiger partial charge in [0.2, 0.25) is 0 Å². The lowest BCUT2D eigenvalue weighted by Crippen LogP contribution is -2.14. The lowest BCUT2D eigenvalue weighted by molar-refractivity contribution is 0.197. The van der Waals surface area contributed by atoms with Crippen LogP contribution in [0.5, 0.6) is 0 Å². The molecule has 0 radical (unpaired) electrons. The number of nitrogens with one attached hydrogen (secondary N) is 1. The maximum atomic E-state index is 9.26. The average Bonchev–Trinajstić information content (AvgIpc) is 3.34. The Bertz CT molecular complexity index is 1600. The SMILES string of the molecule is CNC(=O)O.Nc1ncnc2c1c(-c1cc3nc(-c4ccccn4)ccc3cc1Cl)nn2C1CCCCC1. The lowest BCUT2D eigenvalue weighted by atomic mass is 9.96. The summed E-state index contributed by atoms with van der Waals surface area (Å²) in [6.45, 7) is 0. The molecule has 0 saturated heterocycles. The third-order valence-corrected chi connectivity index (χ3v) is 6.93. The number of anilines is 1. The monoisotopic (exact) mass is 530 g/mol. The summed E-state index contributed by atoms with van der Waals surface area (Å²) in [5.74, 6) is 0.406. The number of pyridine rings is 2. The van der Waals surface area contributed by atoms with Crippen LogP contribution in [-0.4, -0.2) is 48.0 Å². The van der Waals surface area contributed by atoms with E-state index >= 15 is 0 Å².